The monoisotopic (exact) mass is 296 g/mol. The van der Waals surface area contributed by atoms with E-state index in [2.05, 4.69) is 10.3 Å². The fraction of sp³-hybridized carbons (Fsp3) is 0.143. The molecule has 0 aliphatic heterocycles. The van der Waals surface area contributed by atoms with E-state index in [0.717, 1.165) is 12.1 Å². The van der Waals surface area contributed by atoms with Gasteiger partial charge in [-0.05, 0) is 19.1 Å². The fourth-order valence-corrected chi connectivity index (χ4v) is 1.94. The van der Waals surface area contributed by atoms with Gasteiger partial charge in [-0.2, -0.15) is 0 Å². The second-order valence-electron chi connectivity index (χ2n) is 4.22. The first-order valence-electron chi connectivity index (χ1n) is 5.84. The predicted molar refractivity (Wildman–Crippen MR) is 71.5 cm³/mol. The van der Waals surface area contributed by atoms with Gasteiger partial charge in [-0.15, -0.1) is 0 Å². The summed E-state index contributed by atoms with van der Waals surface area (Å²) in [5.41, 5.74) is 0.392. The fourth-order valence-electron chi connectivity index (χ4n) is 1.75. The van der Waals surface area contributed by atoms with E-state index in [4.69, 9.17) is 11.6 Å². The smallest absolute Gasteiger partial charge is 0.254 e. The third-order valence-corrected chi connectivity index (χ3v) is 3.12. The summed E-state index contributed by atoms with van der Waals surface area (Å²) in [6, 6.07) is 4.06. The molecule has 1 aromatic heterocycles. The summed E-state index contributed by atoms with van der Waals surface area (Å²) in [4.78, 5) is 15.8. The Labute approximate surface area is 119 Å². The van der Waals surface area contributed by atoms with Crippen LogP contribution in [-0.4, -0.2) is 10.9 Å². The number of hydrogen-bond donors (Lipinski definition) is 1. The molecule has 2 aromatic rings. The Kier molecular flexibility index (Phi) is 4.29. The van der Waals surface area contributed by atoms with Crippen LogP contribution in [0.15, 0.2) is 36.7 Å². The molecule has 104 valence electrons. The van der Waals surface area contributed by atoms with Crippen molar-refractivity contribution in [3.05, 3.63) is 64.4 Å². The van der Waals surface area contributed by atoms with Crippen LogP contribution in [0.25, 0.3) is 0 Å². The zero-order valence-electron chi connectivity index (χ0n) is 10.5. The summed E-state index contributed by atoms with van der Waals surface area (Å²) in [6.07, 6.45) is 2.79. The maximum atomic E-state index is 13.6. The number of benzene rings is 1. The molecule has 1 unspecified atom stereocenters. The molecule has 0 radical (unpaired) electrons. The lowest BCUT2D eigenvalue weighted by Crippen LogP contribution is -2.27. The number of amides is 1. The molecule has 1 aromatic carbocycles. The standard InChI is InChI=1S/C14H11ClF2N2O/c1-8(10-3-2-9(16)6-13(10)17)19-14(20)11-7-18-5-4-12(11)15/h2-8H,1H3,(H,19,20). The van der Waals surface area contributed by atoms with Gasteiger partial charge in [0.1, 0.15) is 11.6 Å². The highest BCUT2D eigenvalue weighted by Crippen LogP contribution is 2.19. The number of hydrogen-bond acceptors (Lipinski definition) is 2. The van der Waals surface area contributed by atoms with Gasteiger partial charge in [0.05, 0.1) is 16.6 Å². The van der Waals surface area contributed by atoms with E-state index in [-0.39, 0.29) is 16.1 Å². The van der Waals surface area contributed by atoms with Crippen LogP contribution in [0.2, 0.25) is 5.02 Å². The summed E-state index contributed by atoms with van der Waals surface area (Å²) in [5, 5.41) is 2.84. The number of halogens is 3. The molecule has 0 saturated carbocycles. The number of carbonyl (C=O) groups is 1. The summed E-state index contributed by atoms with van der Waals surface area (Å²) in [7, 11) is 0. The third kappa shape index (κ3) is 3.11. The second-order valence-corrected chi connectivity index (χ2v) is 4.62. The lowest BCUT2D eigenvalue weighted by Gasteiger charge is -2.15. The summed E-state index contributed by atoms with van der Waals surface area (Å²) >= 11 is 5.88. The van der Waals surface area contributed by atoms with Crippen molar-refractivity contribution in [2.24, 2.45) is 0 Å². The first-order chi connectivity index (χ1) is 9.49. The Morgan fingerprint density at radius 3 is 2.75 bits per heavy atom. The normalized spacial score (nSPS) is 12.0. The highest BCUT2D eigenvalue weighted by atomic mass is 35.5. The van der Waals surface area contributed by atoms with E-state index in [1.807, 2.05) is 0 Å². The largest absolute Gasteiger partial charge is 0.345 e. The van der Waals surface area contributed by atoms with Crippen LogP contribution in [0.4, 0.5) is 8.78 Å². The zero-order valence-corrected chi connectivity index (χ0v) is 11.3. The number of pyridine rings is 1. The van der Waals surface area contributed by atoms with Crippen molar-refractivity contribution in [3.63, 3.8) is 0 Å². The van der Waals surface area contributed by atoms with Gasteiger partial charge in [0.15, 0.2) is 0 Å². The minimum Gasteiger partial charge on any atom is -0.345 e. The molecule has 1 atom stereocenters. The molecule has 0 bridgehead atoms. The van der Waals surface area contributed by atoms with Crippen molar-refractivity contribution < 1.29 is 13.6 Å². The Hall–Kier alpha value is -2.01. The van der Waals surface area contributed by atoms with Gasteiger partial charge in [0, 0.05) is 24.0 Å². The summed E-state index contributed by atoms with van der Waals surface area (Å²) < 4.78 is 26.4. The number of aromatic nitrogens is 1. The molecule has 1 N–H and O–H groups in total. The topological polar surface area (TPSA) is 42.0 Å². The van der Waals surface area contributed by atoms with Crippen molar-refractivity contribution in [3.8, 4) is 0 Å². The quantitative estimate of drug-likeness (QED) is 0.942. The molecule has 1 amide bonds. The highest BCUT2D eigenvalue weighted by molar-refractivity contribution is 6.33. The Bertz CT molecular complexity index is 649. The highest BCUT2D eigenvalue weighted by Gasteiger charge is 2.17. The van der Waals surface area contributed by atoms with Crippen LogP contribution in [0.3, 0.4) is 0 Å². The van der Waals surface area contributed by atoms with Crippen LogP contribution < -0.4 is 5.32 Å². The Morgan fingerprint density at radius 1 is 1.35 bits per heavy atom. The molecule has 0 fully saturated rings. The predicted octanol–water partition coefficient (Wildman–Crippen LogP) is 3.50. The third-order valence-electron chi connectivity index (χ3n) is 2.79. The molecular weight excluding hydrogens is 286 g/mol. The van der Waals surface area contributed by atoms with Crippen LogP contribution in [0.5, 0.6) is 0 Å². The van der Waals surface area contributed by atoms with Crippen LogP contribution in [0.1, 0.15) is 28.9 Å². The average molecular weight is 297 g/mol. The van der Waals surface area contributed by atoms with Crippen LogP contribution >= 0.6 is 11.6 Å². The number of nitrogens with zero attached hydrogens (tertiary/aromatic N) is 1. The van der Waals surface area contributed by atoms with E-state index in [9.17, 15) is 13.6 Å². The molecule has 1 heterocycles. The van der Waals surface area contributed by atoms with E-state index in [1.54, 1.807) is 6.92 Å². The number of nitrogens with one attached hydrogen (secondary N) is 1. The van der Waals surface area contributed by atoms with Gasteiger partial charge in [-0.3, -0.25) is 9.78 Å². The maximum Gasteiger partial charge on any atom is 0.254 e. The van der Waals surface area contributed by atoms with Crippen LogP contribution in [0, 0.1) is 11.6 Å². The van der Waals surface area contributed by atoms with Gasteiger partial charge < -0.3 is 5.32 Å². The van der Waals surface area contributed by atoms with Gasteiger partial charge in [-0.25, -0.2) is 8.78 Å². The molecule has 2 rings (SSSR count). The molecule has 6 heteroatoms. The van der Waals surface area contributed by atoms with Crippen molar-refractivity contribution in [2.45, 2.75) is 13.0 Å². The SMILES string of the molecule is CC(NC(=O)c1cnccc1Cl)c1ccc(F)cc1F. The molecule has 3 nitrogen and oxygen atoms in total. The Morgan fingerprint density at radius 2 is 2.10 bits per heavy atom. The number of carbonyl (C=O) groups excluding carboxylic acids is 1. The molecular formula is C14H11ClF2N2O. The average Bonchev–Trinajstić information content (AvgIpc) is 2.38. The molecule has 20 heavy (non-hydrogen) atoms. The summed E-state index contributed by atoms with van der Waals surface area (Å²) in [6.45, 7) is 1.60. The number of rotatable bonds is 3. The van der Waals surface area contributed by atoms with Crippen molar-refractivity contribution in [1.29, 1.82) is 0 Å². The molecule has 0 saturated heterocycles. The summed E-state index contributed by atoms with van der Waals surface area (Å²) in [5.74, 6) is -1.85. The maximum absolute atomic E-state index is 13.6. The lowest BCUT2D eigenvalue weighted by atomic mass is 10.1. The first-order valence-corrected chi connectivity index (χ1v) is 6.22. The van der Waals surface area contributed by atoms with Crippen LogP contribution in [-0.2, 0) is 0 Å². The molecule has 0 aliphatic rings. The van der Waals surface area contributed by atoms with Crippen molar-refractivity contribution in [1.82, 2.24) is 10.3 Å². The van der Waals surface area contributed by atoms with Gasteiger partial charge >= 0.3 is 0 Å². The first kappa shape index (κ1) is 14.4. The van der Waals surface area contributed by atoms with E-state index < -0.39 is 23.6 Å². The molecule has 0 aliphatic carbocycles. The van der Waals surface area contributed by atoms with Crippen molar-refractivity contribution >= 4 is 17.5 Å². The minimum absolute atomic E-state index is 0.194. The second kappa shape index (κ2) is 5.96. The van der Waals surface area contributed by atoms with E-state index in [1.165, 1.54) is 24.5 Å². The van der Waals surface area contributed by atoms with Gasteiger partial charge in [-0.1, -0.05) is 17.7 Å². The molecule has 0 spiro atoms. The van der Waals surface area contributed by atoms with Crippen molar-refractivity contribution in [2.75, 3.05) is 0 Å². The van der Waals surface area contributed by atoms with E-state index >= 15 is 0 Å². The van der Waals surface area contributed by atoms with Gasteiger partial charge in [0.2, 0.25) is 0 Å². The Balaban J connectivity index is 2.17. The zero-order chi connectivity index (χ0) is 14.7. The lowest BCUT2D eigenvalue weighted by molar-refractivity contribution is 0.0939. The van der Waals surface area contributed by atoms with E-state index in [0.29, 0.717) is 0 Å². The van der Waals surface area contributed by atoms with Gasteiger partial charge in [0.25, 0.3) is 5.91 Å². The minimum atomic E-state index is -0.713.